The van der Waals surface area contributed by atoms with Gasteiger partial charge < -0.3 is 19.5 Å². The van der Waals surface area contributed by atoms with Crippen molar-refractivity contribution in [3.63, 3.8) is 0 Å². The Balaban J connectivity index is 1.47. The Hall–Kier alpha value is -3.02. The van der Waals surface area contributed by atoms with Crippen LogP contribution in [0.5, 0.6) is 11.5 Å². The highest BCUT2D eigenvalue weighted by Gasteiger charge is 2.40. The SMILES string of the molecule is COc1cc(CNC(=O)COC(=O)[C@@H]2C[C@@H]2C)ccc1OCc1ccccc1. The van der Waals surface area contributed by atoms with Crippen LogP contribution in [0.2, 0.25) is 0 Å². The number of carbonyl (C=O) groups excluding carboxylic acids is 2. The van der Waals surface area contributed by atoms with E-state index in [1.54, 1.807) is 7.11 Å². The first-order chi connectivity index (χ1) is 13.6. The Bertz CT molecular complexity index is 821. The summed E-state index contributed by atoms with van der Waals surface area (Å²) in [6, 6.07) is 15.4. The molecule has 3 rings (SSSR count). The van der Waals surface area contributed by atoms with Crippen LogP contribution in [0.4, 0.5) is 0 Å². The summed E-state index contributed by atoms with van der Waals surface area (Å²) in [7, 11) is 1.57. The van der Waals surface area contributed by atoms with Gasteiger partial charge in [0.1, 0.15) is 6.61 Å². The predicted molar refractivity (Wildman–Crippen MR) is 104 cm³/mol. The van der Waals surface area contributed by atoms with Gasteiger partial charge in [0.15, 0.2) is 18.1 Å². The molecular weight excluding hydrogens is 358 g/mol. The smallest absolute Gasteiger partial charge is 0.309 e. The van der Waals surface area contributed by atoms with Crippen molar-refractivity contribution >= 4 is 11.9 Å². The van der Waals surface area contributed by atoms with E-state index in [0.717, 1.165) is 17.5 Å². The summed E-state index contributed by atoms with van der Waals surface area (Å²) in [4.78, 5) is 23.5. The third-order valence-electron chi connectivity index (χ3n) is 4.71. The van der Waals surface area contributed by atoms with Crippen molar-refractivity contribution in [2.24, 2.45) is 11.8 Å². The molecule has 0 aliphatic heterocycles. The first-order valence-corrected chi connectivity index (χ1v) is 9.34. The Morgan fingerprint density at radius 3 is 2.50 bits per heavy atom. The molecule has 0 heterocycles. The number of rotatable bonds is 9. The molecule has 2 aromatic carbocycles. The standard InChI is InChI=1S/C22H25NO5/c1-15-10-18(15)22(25)28-14-21(24)23-12-17-8-9-19(20(11-17)26-2)27-13-16-6-4-3-5-7-16/h3-9,11,15,18H,10,12-14H2,1-2H3,(H,23,24)/t15-,18+/m0/s1. The van der Waals surface area contributed by atoms with Crippen LogP contribution in [-0.4, -0.2) is 25.6 Å². The minimum atomic E-state index is -0.329. The molecule has 1 fully saturated rings. The zero-order chi connectivity index (χ0) is 19.9. The normalized spacial score (nSPS) is 17.5. The molecule has 2 atom stereocenters. The number of nitrogens with one attached hydrogen (secondary N) is 1. The van der Waals surface area contributed by atoms with Gasteiger partial charge in [-0.1, -0.05) is 43.3 Å². The molecule has 0 unspecified atom stereocenters. The summed E-state index contributed by atoms with van der Waals surface area (Å²) in [5.74, 6) is 0.936. The van der Waals surface area contributed by atoms with Gasteiger partial charge in [0.2, 0.25) is 0 Å². The molecule has 0 saturated heterocycles. The molecule has 1 amide bonds. The lowest BCUT2D eigenvalue weighted by Crippen LogP contribution is -2.28. The van der Waals surface area contributed by atoms with E-state index in [1.807, 2.05) is 55.5 Å². The number of carbonyl (C=O) groups is 2. The van der Waals surface area contributed by atoms with E-state index >= 15 is 0 Å². The molecule has 1 saturated carbocycles. The number of benzene rings is 2. The molecule has 0 bridgehead atoms. The summed E-state index contributed by atoms with van der Waals surface area (Å²) in [5, 5.41) is 2.74. The summed E-state index contributed by atoms with van der Waals surface area (Å²) < 4.78 is 16.3. The zero-order valence-corrected chi connectivity index (χ0v) is 16.1. The van der Waals surface area contributed by atoms with Crippen LogP contribution in [0.25, 0.3) is 0 Å². The second kappa shape index (κ2) is 9.26. The maximum absolute atomic E-state index is 11.9. The average molecular weight is 383 g/mol. The van der Waals surface area contributed by atoms with E-state index in [1.165, 1.54) is 0 Å². The molecule has 6 nitrogen and oxygen atoms in total. The van der Waals surface area contributed by atoms with Crippen LogP contribution in [0.15, 0.2) is 48.5 Å². The lowest BCUT2D eigenvalue weighted by molar-refractivity contribution is -0.150. The van der Waals surface area contributed by atoms with E-state index in [0.29, 0.717) is 30.6 Å². The fraction of sp³-hybridized carbons (Fsp3) is 0.364. The molecule has 148 valence electrons. The number of hydrogen-bond acceptors (Lipinski definition) is 5. The number of amides is 1. The predicted octanol–water partition coefficient (Wildman–Crippen LogP) is 3.09. The number of methoxy groups -OCH3 is 1. The van der Waals surface area contributed by atoms with Gasteiger partial charge in [-0.3, -0.25) is 9.59 Å². The summed E-state index contributed by atoms with van der Waals surface area (Å²) >= 11 is 0. The highest BCUT2D eigenvalue weighted by molar-refractivity contribution is 5.82. The second-order valence-corrected chi connectivity index (χ2v) is 6.96. The van der Waals surface area contributed by atoms with E-state index in [-0.39, 0.29) is 24.4 Å². The van der Waals surface area contributed by atoms with E-state index in [9.17, 15) is 9.59 Å². The minimum Gasteiger partial charge on any atom is -0.493 e. The molecule has 0 spiro atoms. The average Bonchev–Trinajstić information content (AvgIpc) is 3.46. The quantitative estimate of drug-likeness (QED) is 0.674. The van der Waals surface area contributed by atoms with Gasteiger partial charge in [0, 0.05) is 6.54 Å². The van der Waals surface area contributed by atoms with Crippen LogP contribution >= 0.6 is 0 Å². The maximum Gasteiger partial charge on any atom is 0.309 e. The minimum absolute atomic E-state index is 0.0412. The molecule has 28 heavy (non-hydrogen) atoms. The first kappa shape index (κ1) is 19.7. The number of esters is 1. The van der Waals surface area contributed by atoms with Gasteiger partial charge in [-0.25, -0.2) is 0 Å². The van der Waals surface area contributed by atoms with Crippen molar-refractivity contribution < 1.29 is 23.8 Å². The molecule has 1 N–H and O–H groups in total. The van der Waals surface area contributed by atoms with Crippen LogP contribution in [0.1, 0.15) is 24.5 Å². The van der Waals surface area contributed by atoms with Crippen LogP contribution < -0.4 is 14.8 Å². The lowest BCUT2D eigenvalue weighted by atomic mass is 10.2. The molecule has 1 aliphatic carbocycles. The maximum atomic E-state index is 11.9. The van der Waals surface area contributed by atoms with Gasteiger partial charge in [-0.05, 0) is 35.6 Å². The van der Waals surface area contributed by atoms with Crippen molar-refractivity contribution in [2.45, 2.75) is 26.5 Å². The van der Waals surface area contributed by atoms with Crippen molar-refractivity contribution in [2.75, 3.05) is 13.7 Å². The van der Waals surface area contributed by atoms with Gasteiger partial charge in [-0.15, -0.1) is 0 Å². The van der Waals surface area contributed by atoms with E-state index in [4.69, 9.17) is 14.2 Å². The van der Waals surface area contributed by atoms with Gasteiger partial charge in [-0.2, -0.15) is 0 Å². The zero-order valence-electron chi connectivity index (χ0n) is 16.1. The Morgan fingerprint density at radius 2 is 1.82 bits per heavy atom. The molecule has 1 aliphatic rings. The molecule has 0 radical (unpaired) electrons. The molecule has 6 heteroatoms. The fourth-order valence-electron chi connectivity index (χ4n) is 2.82. The fourth-order valence-corrected chi connectivity index (χ4v) is 2.82. The summed E-state index contributed by atoms with van der Waals surface area (Å²) in [5.41, 5.74) is 1.93. The largest absolute Gasteiger partial charge is 0.493 e. The van der Waals surface area contributed by atoms with E-state index in [2.05, 4.69) is 5.32 Å². The lowest BCUT2D eigenvalue weighted by Gasteiger charge is -2.13. The Labute approximate surface area is 164 Å². The molecule has 2 aromatic rings. The molecular formula is C22H25NO5. The monoisotopic (exact) mass is 383 g/mol. The molecule has 0 aromatic heterocycles. The van der Waals surface area contributed by atoms with Crippen molar-refractivity contribution in [3.8, 4) is 11.5 Å². The second-order valence-electron chi connectivity index (χ2n) is 6.96. The van der Waals surface area contributed by atoms with Crippen molar-refractivity contribution in [1.29, 1.82) is 0 Å². The topological polar surface area (TPSA) is 73.9 Å². The highest BCUT2D eigenvalue weighted by atomic mass is 16.5. The van der Waals surface area contributed by atoms with Crippen LogP contribution in [-0.2, 0) is 27.5 Å². The summed E-state index contributed by atoms with van der Waals surface area (Å²) in [6.45, 7) is 2.49. The van der Waals surface area contributed by atoms with E-state index < -0.39 is 0 Å². The van der Waals surface area contributed by atoms with Crippen molar-refractivity contribution in [3.05, 3.63) is 59.7 Å². The summed E-state index contributed by atoms with van der Waals surface area (Å²) in [6.07, 6.45) is 0.846. The number of hydrogen-bond donors (Lipinski definition) is 1. The number of ether oxygens (including phenoxy) is 3. The van der Waals surface area contributed by atoms with Gasteiger partial charge in [0.25, 0.3) is 5.91 Å². The first-order valence-electron chi connectivity index (χ1n) is 9.34. The third-order valence-corrected chi connectivity index (χ3v) is 4.71. The van der Waals surface area contributed by atoms with Crippen LogP contribution in [0, 0.1) is 11.8 Å². The third kappa shape index (κ3) is 5.49. The van der Waals surface area contributed by atoms with Gasteiger partial charge >= 0.3 is 5.97 Å². The Kier molecular flexibility index (Phi) is 6.53. The van der Waals surface area contributed by atoms with Gasteiger partial charge in [0.05, 0.1) is 13.0 Å². The van der Waals surface area contributed by atoms with Crippen LogP contribution in [0.3, 0.4) is 0 Å². The van der Waals surface area contributed by atoms with Crippen molar-refractivity contribution in [1.82, 2.24) is 5.32 Å². The highest BCUT2D eigenvalue weighted by Crippen LogP contribution is 2.38. The Morgan fingerprint density at radius 1 is 1.07 bits per heavy atom.